The summed E-state index contributed by atoms with van der Waals surface area (Å²) < 4.78 is 0. The molecule has 0 atom stereocenters. The number of hydrogen-bond acceptors (Lipinski definition) is 0. The van der Waals surface area contributed by atoms with E-state index >= 15 is 0 Å². The number of rotatable bonds is 36. The molecule has 240 valence electrons. The van der Waals surface area contributed by atoms with Gasteiger partial charge < -0.3 is 0 Å². The van der Waals surface area contributed by atoms with Crippen molar-refractivity contribution >= 4 is 0 Å². The van der Waals surface area contributed by atoms with Gasteiger partial charge >= 0.3 is 0 Å². The van der Waals surface area contributed by atoms with Gasteiger partial charge in [0, 0.05) is 0 Å². The van der Waals surface area contributed by atoms with Crippen molar-refractivity contribution in [3.05, 3.63) is 12.2 Å². The van der Waals surface area contributed by atoms with Crippen molar-refractivity contribution in [2.75, 3.05) is 0 Å². The molecular formula is C40H80. The van der Waals surface area contributed by atoms with Gasteiger partial charge in [0.2, 0.25) is 0 Å². The average molecular weight is 561 g/mol. The first kappa shape index (κ1) is 39.7. The molecule has 0 heterocycles. The molecule has 0 bridgehead atoms. The number of allylic oxidation sites excluding steroid dienone is 2. The normalized spacial score (nSPS) is 11.8. The van der Waals surface area contributed by atoms with Crippen LogP contribution in [0.1, 0.15) is 245 Å². The standard InChI is InChI=1S/C40H80/c1-3-5-7-9-11-13-15-17-19-21-23-25-27-29-31-33-35-37-39-40-38-36-34-32-30-28-26-24-22-20-18-16-14-12-10-8-6-4-2/h11,13H,3-10,12,14-40H2,1-2H3/b13-11+. The van der Waals surface area contributed by atoms with Crippen LogP contribution in [0.25, 0.3) is 0 Å². The van der Waals surface area contributed by atoms with Gasteiger partial charge in [-0.2, -0.15) is 0 Å². The third-order valence-electron chi connectivity index (χ3n) is 9.12. The molecule has 0 N–H and O–H groups in total. The van der Waals surface area contributed by atoms with E-state index in [2.05, 4.69) is 26.0 Å². The minimum absolute atomic E-state index is 1.30. The lowest BCUT2D eigenvalue weighted by Crippen LogP contribution is -1.85. The Morgan fingerprint density at radius 3 is 0.575 bits per heavy atom. The lowest BCUT2D eigenvalue weighted by molar-refractivity contribution is 0.512. The summed E-state index contributed by atoms with van der Waals surface area (Å²) in [7, 11) is 0. The van der Waals surface area contributed by atoms with Crippen LogP contribution in [0.4, 0.5) is 0 Å². The fourth-order valence-electron chi connectivity index (χ4n) is 6.21. The summed E-state index contributed by atoms with van der Waals surface area (Å²) in [6, 6.07) is 0. The minimum atomic E-state index is 1.30. The third kappa shape index (κ3) is 37.7. The van der Waals surface area contributed by atoms with Gasteiger partial charge in [0.05, 0.1) is 0 Å². The Bertz CT molecular complexity index is 435. The Morgan fingerprint density at radius 2 is 0.350 bits per heavy atom. The second kappa shape index (κ2) is 38.7. The molecule has 0 nitrogen and oxygen atoms in total. The van der Waals surface area contributed by atoms with E-state index in [4.69, 9.17) is 0 Å². The molecule has 0 aliphatic carbocycles. The topological polar surface area (TPSA) is 0 Å². The fraction of sp³-hybridized carbons (Fsp3) is 0.950. The number of hydrogen-bond donors (Lipinski definition) is 0. The summed E-state index contributed by atoms with van der Waals surface area (Å²) in [4.78, 5) is 0. The highest BCUT2D eigenvalue weighted by atomic mass is 14.0. The SMILES string of the molecule is CCCCC/C=C/CCCCCCCCCCCCCCCCCCCCCCCCCCCCCCCCC. The van der Waals surface area contributed by atoms with Crippen molar-refractivity contribution in [1.82, 2.24) is 0 Å². The first-order valence-electron chi connectivity index (χ1n) is 19.6. The largest absolute Gasteiger partial charge is 0.0885 e. The lowest BCUT2D eigenvalue weighted by atomic mass is 10.0. The van der Waals surface area contributed by atoms with E-state index in [1.807, 2.05) is 0 Å². The molecule has 0 radical (unpaired) electrons. The van der Waals surface area contributed by atoms with Crippen LogP contribution in [0.15, 0.2) is 12.2 Å². The molecule has 0 spiro atoms. The second-order valence-corrected chi connectivity index (χ2v) is 13.4. The Balaban J connectivity index is 3.04. The van der Waals surface area contributed by atoms with Crippen molar-refractivity contribution in [3.8, 4) is 0 Å². The van der Waals surface area contributed by atoms with Gasteiger partial charge in [-0.25, -0.2) is 0 Å². The van der Waals surface area contributed by atoms with Gasteiger partial charge in [-0.1, -0.05) is 231 Å². The molecule has 40 heavy (non-hydrogen) atoms. The van der Waals surface area contributed by atoms with Crippen LogP contribution in [-0.4, -0.2) is 0 Å². The van der Waals surface area contributed by atoms with Crippen LogP contribution in [0.2, 0.25) is 0 Å². The number of unbranched alkanes of at least 4 members (excludes halogenated alkanes) is 34. The molecule has 0 aromatic heterocycles. The van der Waals surface area contributed by atoms with E-state index in [0.29, 0.717) is 0 Å². The summed E-state index contributed by atoms with van der Waals surface area (Å²) in [5.74, 6) is 0. The van der Waals surface area contributed by atoms with Crippen LogP contribution < -0.4 is 0 Å². The monoisotopic (exact) mass is 561 g/mol. The van der Waals surface area contributed by atoms with Gasteiger partial charge in [0.25, 0.3) is 0 Å². The van der Waals surface area contributed by atoms with Crippen LogP contribution in [0.5, 0.6) is 0 Å². The quantitative estimate of drug-likeness (QED) is 0.0528. The van der Waals surface area contributed by atoms with Gasteiger partial charge in [0.15, 0.2) is 0 Å². The molecule has 0 unspecified atom stereocenters. The Kier molecular flexibility index (Phi) is 38.5. The maximum Gasteiger partial charge on any atom is -0.0351 e. The van der Waals surface area contributed by atoms with E-state index in [0.717, 1.165) is 0 Å². The summed E-state index contributed by atoms with van der Waals surface area (Å²) in [6.45, 7) is 4.59. The first-order chi connectivity index (χ1) is 19.9. The minimum Gasteiger partial charge on any atom is -0.0885 e. The highest BCUT2D eigenvalue weighted by Gasteiger charge is 1.97. The van der Waals surface area contributed by atoms with Crippen molar-refractivity contribution in [2.24, 2.45) is 0 Å². The van der Waals surface area contributed by atoms with Gasteiger partial charge in [-0.15, -0.1) is 0 Å². The molecule has 0 rings (SSSR count). The van der Waals surface area contributed by atoms with Crippen LogP contribution in [0.3, 0.4) is 0 Å². The van der Waals surface area contributed by atoms with Crippen molar-refractivity contribution in [2.45, 2.75) is 245 Å². The molecule has 0 saturated carbocycles. The first-order valence-corrected chi connectivity index (χ1v) is 19.6. The Hall–Kier alpha value is -0.260. The van der Waals surface area contributed by atoms with E-state index in [-0.39, 0.29) is 0 Å². The summed E-state index contributed by atoms with van der Waals surface area (Å²) >= 11 is 0. The van der Waals surface area contributed by atoms with E-state index < -0.39 is 0 Å². The smallest absolute Gasteiger partial charge is 0.0351 e. The van der Waals surface area contributed by atoms with E-state index in [1.54, 1.807) is 0 Å². The molecule has 0 fully saturated rings. The lowest BCUT2D eigenvalue weighted by Gasteiger charge is -2.04. The van der Waals surface area contributed by atoms with Crippen molar-refractivity contribution < 1.29 is 0 Å². The molecule has 0 aromatic rings. The van der Waals surface area contributed by atoms with Crippen LogP contribution in [0, 0.1) is 0 Å². The van der Waals surface area contributed by atoms with Crippen LogP contribution in [-0.2, 0) is 0 Å². The second-order valence-electron chi connectivity index (χ2n) is 13.4. The third-order valence-corrected chi connectivity index (χ3v) is 9.12. The Labute approximate surface area is 256 Å². The predicted molar refractivity (Wildman–Crippen MR) is 187 cm³/mol. The van der Waals surface area contributed by atoms with E-state index in [1.165, 1.54) is 231 Å². The molecule has 0 heteroatoms. The molecule has 0 aromatic carbocycles. The van der Waals surface area contributed by atoms with Gasteiger partial charge in [0.1, 0.15) is 0 Å². The molecule has 0 aliphatic rings. The van der Waals surface area contributed by atoms with Crippen LogP contribution >= 0.6 is 0 Å². The maximum absolute atomic E-state index is 2.43. The zero-order chi connectivity index (χ0) is 28.9. The van der Waals surface area contributed by atoms with Crippen molar-refractivity contribution in [3.63, 3.8) is 0 Å². The summed E-state index contributed by atoms with van der Waals surface area (Å²) in [5.41, 5.74) is 0. The summed E-state index contributed by atoms with van der Waals surface area (Å²) in [6.07, 6.45) is 57.4. The summed E-state index contributed by atoms with van der Waals surface area (Å²) in [5, 5.41) is 0. The average Bonchev–Trinajstić information content (AvgIpc) is 2.97. The highest BCUT2D eigenvalue weighted by molar-refractivity contribution is 4.81. The molecule has 0 amide bonds. The predicted octanol–water partition coefficient (Wildman–Crippen LogP) is 15.6. The molecule has 0 aliphatic heterocycles. The zero-order valence-electron chi connectivity index (χ0n) is 28.6. The Morgan fingerprint density at radius 1 is 0.200 bits per heavy atom. The van der Waals surface area contributed by atoms with Gasteiger partial charge in [-0.3, -0.25) is 0 Å². The maximum atomic E-state index is 2.43. The molecular weight excluding hydrogens is 480 g/mol. The highest BCUT2D eigenvalue weighted by Crippen LogP contribution is 2.17. The van der Waals surface area contributed by atoms with E-state index in [9.17, 15) is 0 Å². The fourth-order valence-corrected chi connectivity index (χ4v) is 6.21. The van der Waals surface area contributed by atoms with Gasteiger partial charge in [-0.05, 0) is 25.7 Å². The molecule has 0 saturated heterocycles. The zero-order valence-corrected chi connectivity index (χ0v) is 28.6. The van der Waals surface area contributed by atoms with Crippen molar-refractivity contribution in [1.29, 1.82) is 0 Å².